The van der Waals surface area contributed by atoms with Gasteiger partial charge in [-0.3, -0.25) is 4.79 Å². The van der Waals surface area contributed by atoms with Gasteiger partial charge in [0.15, 0.2) is 5.13 Å². The van der Waals surface area contributed by atoms with Crippen molar-refractivity contribution in [3.8, 4) is 0 Å². The Kier molecular flexibility index (Phi) is 4.49. The molecular formula is C19H20N6OS. The van der Waals surface area contributed by atoms with Crippen molar-refractivity contribution in [3.63, 3.8) is 0 Å². The van der Waals surface area contributed by atoms with E-state index < -0.39 is 0 Å². The Morgan fingerprint density at radius 3 is 2.96 bits per heavy atom. The van der Waals surface area contributed by atoms with E-state index in [0.717, 1.165) is 22.1 Å². The third-order valence-electron chi connectivity index (χ3n) is 4.48. The number of hydrogen-bond donors (Lipinski definition) is 2. The molecule has 0 unspecified atom stereocenters. The van der Waals surface area contributed by atoms with E-state index in [2.05, 4.69) is 45.1 Å². The lowest BCUT2D eigenvalue weighted by molar-refractivity contribution is 0.102. The van der Waals surface area contributed by atoms with Gasteiger partial charge in [-0.15, -0.1) is 11.3 Å². The Morgan fingerprint density at radius 2 is 2.15 bits per heavy atom. The van der Waals surface area contributed by atoms with E-state index in [1.165, 1.54) is 16.9 Å². The number of nitrogens with two attached hydrogens (primary N) is 1. The maximum atomic E-state index is 12.6. The molecule has 0 saturated heterocycles. The van der Waals surface area contributed by atoms with Crippen LogP contribution in [0.3, 0.4) is 0 Å². The summed E-state index contributed by atoms with van der Waals surface area (Å²) in [6.45, 7) is 5.53. The van der Waals surface area contributed by atoms with Crippen molar-refractivity contribution in [1.29, 1.82) is 0 Å². The van der Waals surface area contributed by atoms with Gasteiger partial charge in [-0.1, -0.05) is 26.0 Å². The van der Waals surface area contributed by atoms with E-state index in [1.807, 2.05) is 18.2 Å². The third kappa shape index (κ3) is 3.61. The number of fused-ring (bicyclic) bond motifs is 1. The molecule has 27 heavy (non-hydrogen) atoms. The molecule has 0 fully saturated rings. The molecule has 0 saturated carbocycles. The summed E-state index contributed by atoms with van der Waals surface area (Å²) >= 11 is 1.44. The van der Waals surface area contributed by atoms with Gasteiger partial charge in [0.05, 0.1) is 12.2 Å². The van der Waals surface area contributed by atoms with Crippen LogP contribution in [0.4, 0.5) is 16.8 Å². The summed E-state index contributed by atoms with van der Waals surface area (Å²) in [5.74, 6) is 0.472. The predicted molar refractivity (Wildman–Crippen MR) is 107 cm³/mol. The van der Waals surface area contributed by atoms with E-state index in [4.69, 9.17) is 5.73 Å². The van der Waals surface area contributed by atoms with Crippen LogP contribution in [0.2, 0.25) is 0 Å². The molecule has 3 aromatic rings. The number of nitrogen functional groups attached to an aromatic ring is 1. The first-order valence-electron chi connectivity index (χ1n) is 8.71. The lowest BCUT2D eigenvalue weighted by Gasteiger charge is -2.12. The standard InChI is InChI=1S/C19H20N6OS/c1-11(2)12-4-3-5-14(6-12)22-17(26)16-10-27-19(24-16)25-8-13-7-21-18(20)23-15(13)9-25/h3-7,10-11H,8-9H2,1-2H3,(H,22,26)(H2,20,21,23). The molecule has 0 spiro atoms. The molecule has 1 aromatic carbocycles. The summed E-state index contributed by atoms with van der Waals surface area (Å²) < 4.78 is 0. The van der Waals surface area contributed by atoms with E-state index in [-0.39, 0.29) is 11.9 Å². The second-order valence-electron chi connectivity index (χ2n) is 6.81. The molecule has 0 aliphatic carbocycles. The van der Waals surface area contributed by atoms with Gasteiger partial charge in [0, 0.05) is 29.4 Å². The monoisotopic (exact) mass is 380 g/mol. The van der Waals surface area contributed by atoms with Gasteiger partial charge in [-0.05, 0) is 23.6 Å². The highest BCUT2D eigenvalue weighted by atomic mass is 32.1. The number of hydrogen-bond acceptors (Lipinski definition) is 7. The van der Waals surface area contributed by atoms with Crippen LogP contribution in [0.1, 0.15) is 47.1 Å². The van der Waals surface area contributed by atoms with Gasteiger partial charge in [-0.25, -0.2) is 15.0 Å². The van der Waals surface area contributed by atoms with Crippen molar-refractivity contribution in [2.24, 2.45) is 0 Å². The number of amides is 1. The number of nitrogens with zero attached hydrogens (tertiary/aromatic N) is 4. The second kappa shape index (κ2) is 6.96. The van der Waals surface area contributed by atoms with E-state index in [9.17, 15) is 4.79 Å². The van der Waals surface area contributed by atoms with Crippen molar-refractivity contribution in [1.82, 2.24) is 15.0 Å². The zero-order chi connectivity index (χ0) is 19.0. The molecule has 1 aliphatic heterocycles. The Labute approximate surface area is 161 Å². The number of nitrogens with one attached hydrogen (secondary N) is 1. The zero-order valence-electron chi connectivity index (χ0n) is 15.1. The van der Waals surface area contributed by atoms with Gasteiger partial charge in [0.1, 0.15) is 5.69 Å². The molecule has 8 heteroatoms. The topological polar surface area (TPSA) is 97.0 Å². The third-order valence-corrected chi connectivity index (χ3v) is 5.38. The minimum Gasteiger partial charge on any atom is -0.368 e. The van der Waals surface area contributed by atoms with Crippen molar-refractivity contribution < 1.29 is 4.79 Å². The van der Waals surface area contributed by atoms with Crippen molar-refractivity contribution >= 4 is 34.0 Å². The van der Waals surface area contributed by atoms with Crippen molar-refractivity contribution in [2.45, 2.75) is 32.9 Å². The van der Waals surface area contributed by atoms with Crippen LogP contribution in [-0.4, -0.2) is 20.9 Å². The SMILES string of the molecule is CC(C)c1cccc(NC(=O)c2csc(N3Cc4cnc(N)nc4C3)n2)c1. The molecule has 2 aromatic heterocycles. The maximum absolute atomic E-state index is 12.6. The number of rotatable bonds is 4. The number of carbonyl (C=O) groups is 1. The number of anilines is 3. The first-order valence-corrected chi connectivity index (χ1v) is 9.59. The summed E-state index contributed by atoms with van der Waals surface area (Å²) in [6.07, 6.45) is 1.75. The summed E-state index contributed by atoms with van der Waals surface area (Å²) in [6, 6.07) is 7.89. The van der Waals surface area contributed by atoms with Crippen LogP contribution in [-0.2, 0) is 13.1 Å². The minimum absolute atomic E-state index is 0.209. The minimum atomic E-state index is -0.209. The largest absolute Gasteiger partial charge is 0.368 e. The van der Waals surface area contributed by atoms with E-state index >= 15 is 0 Å². The van der Waals surface area contributed by atoms with Gasteiger partial charge in [0.2, 0.25) is 5.95 Å². The van der Waals surface area contributed by atoms with E-state index in [1.54, 1.807) is 11.6 Å². The molecular weight excluding hydrogens is 360 g/mol. The Bertz CT molecular complexity index is 999. The number of aromatic nitrogens is 3. The molecule has 138 valence electrons. The van der Waals surface area contributed by atoms with Crippen LogP contribution in [0.15, 0.2) is 35.8 Å². The molecule has 0 radical (unpaired) electrons. The molecule has 7 nitrogen and oxygen atoms in total. The van der Waals surface area contributed by atoms with Crippen molar-refractivity contribution in [2.75, 3.05) is 16.0 Å². The first-order chi connectivity index (χ1) is 13.0. The first kappa shape index (κ1) is 17.4. The van der Waals surface area contributed by atoms with Crippen LogP contribution in [0.25, 0.3) is 0 Å². The van der Waals surface area contributed by atoms with Gasteiger partial charge in [-0.2, -0.15) is 0 Å². The zero-order valence-corrected chi connectivity index (χ0v) is 16.0. The summed E-state index contributed by atoms with van der Waals surface area (Å²) in [5.41, 5.74) is 9.97. The molecule has 1 amide bonds. The number of carbonyl (C=O) groups excluding carboxylic acids is 1. The summed E-state index contributed by atoms with van der Waals surface area (Å²) in [5, 5.41) is 5.49. The molecule has 4 rings (SSSR count). The van der Waals surface area contributed by atoms with E-state index in [0.29, 0.717) is 24.7 Å². The molecule has 3 N–H and O–H groups in total. The lowest BCUT2D eigenvalue weighted by atomic mass is 10.0. The fourth-order valence-electron chi connectivity index (χ4n) is 2.99. The Balaban J connectivity index is 1.47. The average molecular weight is 380 g/mol. The van der Waals surface area contributed by atoms with Crippen LogP contribution in [0, 0.1) is 0 Å². The maximum Gasteiger partial charge on any atom is 0.275 e. The fraction of sp³-hybridized carbons (Fsp3) is 0.263. The Hall–Kier alpha value is -3.00. The molecule has 1 aliphatic rings. The predicted octanol–water partition coefficient (Wildman–Crippen LogP) is 3.41. The van der Waals surface area contributed by atoms with Gasteiger partial charge < -0.3 is 16.0 Å². The normalized spacial score (nSPS) is 13.1. The van der Waals surface area contributed by atoms with Gasteiger partial charge >= 0.3 is 0 Å². The van der Waals surface area contributed by atoms with Crippen LogP contribution >= 0.6 is 11.3 Å². The second-order valence-corrected chi connectivity index (χ2v) is 7.64. The molecule has 0 atom stereocenters. The highest BCUT2D eigenvalue weighted by Gasteiger charge is 2.24. The quantitative estimate of drug-likeness (QED) is 0.720. The number of thiazole rings is 1. The Morgan fingerprint density at radius 1 is 1.30 bits per heavy atom. The summed E-state index contributed by atoms with van der Waals surface area (Å²) in [4.78, 5) is 27.4. The lowest BCUT2D eigenvalue weighted by Crippen LogP contribution is -2.16. The smallest absolute Gasteiger partial charge is 0.275 e. The molecule has 0 bridgehead atoms. The highest BCUT2D eigenvalue weighted by Crippen LogP contribution is 2.30. The average Bonchev–Trinajstić information content (AvgIpc) is 3.28. The number of benzene rings is 1. The van der Waals surface area contributed by atoms with Crippen LogP contribution in [0.5, 0.6) is 0 Å². The summed E-state index contributed by atoms with van der Waals surface area (Å²) in [7, 11) is 0. The fourth-order valence-corrected chi connectivity index (χ4v) is 3.79. The van der Waals surface area contributed by atoms with Gasteiger partial charge in [0.25, 0.3) is 5.91 Å². The highest BCUT2D eigenvalue weighted by molar-refractivity contribution is 7.13. The molecule has 3 heterocycles. The van der Waals surface area contributed by atoms with Crippen LogP contribution < -0.4 is 16.0 Å². The van der Waals surface area contributed by atoms with Crippen molar-refractivity contribution in [3.05, 3.63) is 58.4 Å².